The fourth-order valence-electron chi connectivity index (χ4n) is 1.39. The maximum absolute atomic E-state index is 12.7. The van der Waals surface area contributed by atoms with Crippen LogP contribution in [0.25, 0.3) is 0 Å². The average Bonchev–Trinajstić information content (AvgIpc) is 2.24. The maximum atomic E-state index is 12.7. The molecule has 1 aromatic carbocycles. The lowest BCUT2D eigenvalue weighted by atomic mass is 10.00. The first kappa shape index (κ1) is 14.2. The molecular formula is C10H5F6NO. The summed E-state index contributed by atoms with van der Waals surface area (Å²) in [5, 5.41) is 8.54. The van der Waals surface area contributed by atoms with Gasteiger partial charge in [-0.3, -0.25) is 0 Å². The second-order valence-corrected chi connectivity index (χ2v) is 3.17. The molecule has 0 amide bonds. The van der Waals surface area contributed by atoms with Gasteiger partial charge in [0.1, 0.15) is 17.4 Å². The minimum Gasteiger partial charge on any atom is -0.496 e. The molecule has 8 heteroatoms. The molecule has 0 aliphatic rings. The van der Waals surface area contributed by atoms with E-state index in [9.17, 15) is 26.3 Å². The first-order chi connectivity index (χ1) is 8.12. The van der Waals surface area contributed by atoms with Gasteiger partial charge >= 0.3 is 12.4 Å². The van der Waals surface area contributed by atoms with Gasteiger partial charge in [-0.25, -0.2) is 0 Å². The minimum atomic E-state index is -5.11. The lowest BCUT2D eigenvalue weighted by Crippen LogP contribution is -2.16. The molecule has 0 fully saturated rings. The minimum absolute atomic E-state index is 0.382. The van der Waals surface area contributed by atoms with Gasteiger partial charge in [-0.15, -0.1) is 0 Å². The monoisotopic (exact) mass is 269 g/mol. The van der Waals surface area contributed by atoms with Crippen molar-refractivity contribution < 1.29 is 31.1 Å². The molecule has 18 heavy (non-hydrogen) atoms. The zero-order chi connectivity index (χ0) is 14.1. The summed E-state index contributed by atoms with van der Waals surface area (Å²) in [7, 11) is 0.874. The Hall–Kier alpha value is -1.91. The van der Waals surface area contributed by atoms with Crippen molar-refractivity contribution in [3.05, 3.63) is 28.8 Å². The Morgan fingerprint density at radius 1 is 1.06 bits per heavy atom. The lowest BCUT2D eigenvalue weighted by Gasteiger charge is -2.17. The Morgan fingerprint density at radius 3 is 1.94 bits per heavy atom. The first-order valence-corrected chi connectivity index (χ1v) is 4.38. The second-order valence-electron chi connectivity index (χ2n) is 3.17. The van der Waals surface area contributed by atoms with Crippen LogP contribution in [-0.4, -0.2) is 7.11 Å². The van der Waals surface area contributed by atoms with Crippen LogP contribution in [0.15, 0.2) is 12.1 Å². The van der Waals surface area contributed by atoms with E-state index in [1.54, 1.807) is 0 Å². The van der Waals surface area contributed by atoms with Crippen molar-refractivity contribution in [3.8, 4) is 11.8 Å². The fraction of sp³-hybridized carbons (Fsp3) is 0.300. The summed E-state index contributed by atoms with van der Waals surface area (Å²) in [4.78, 5) is 0. The molecule has 0 aliphatic heterocycles. The summed E-state index contributed by atoms with van der Waals surface area (Å²) in [6.07, 6.45) is -10.2. The molecule has 0 aliphatic carbocycles. The smallest absolute Gasteiger partial charge is 0.421 e. The standard InChI is InChI=1S/C10H5F6NO/c1-18-7-3-2-6(9(11,12)13)5(4-17)8(7)10(14,15)16/h2-3H,1H3. The fourth-order valence-corrected chi connectivity index (χ4v) is 1.39. The molecule has 0 spiro atoms. The predicted octanol–water partition coefficient (Wildman–Crippen LogP) is 3.60. The number of nitriles is 1. The van der Waals surface area contributed by atoms with Crippen LogP contribution < -0.4 is 4.74 Å². The van der Waals surface area contributed by atoms with Gasteiger partial charge < -0.3 is 4.74 Å². The number of methoxy groups -OCH3 is 1. The number of rotatable bonds is 1. The molecule has 98 valence electrons. The highest BCUT2D eigenvalue weighted by Gasteiger charge is 2.43. The van der Waals surface area contributed by atoms with Crippen molar-refractivity contribution in [1.29, 1.82) is 5.26 Å². The Labute approximate surface area is 97.4 Å². The van der Waals surface area contributed by atoms with Gasteiger partial charge in [0.15, 0.2) is 0 Å². The predicted molar refractivity (Wildman–Crippen MR) is 47.7 cm³/mol. The number of nitrogens with zero attached hydrogens (tertiary/aromatic N) is 1. The average molecular weight is 269 g/mol. The van der Waals surface area contributed by atoms with Crippen LogP contribution >= 0.6 is 0 Å². The van der Waals surface area contributed by atoms with E-state index in [0.717, 1.165) is 13.2 Å². The molecule has 0 saturated heterocycles. The number of benzene rings is 1. The molecule has 0 heterocycles. The van der Waals surface area contributed by atoms with Gasteiger partial charge in [0, 0.05) is 0 Å². The largest absolute Gasteiger partial charge is 0.496 e. The van der Waals surface area contributed by atoms with E-state index >= 15 is 0 Å². The quantitative estimate of drug-likeness (QED) is 0.730. The zero-order valence-corrected chi connectivity index (χ0v) is 8.78. The Kier molecular flexibility index (Phi) is 3.46. The summed E-state index contributed by atoms with van der Waals surface area (Å²) in [6.45, 7) is 0. The van der Waals surface area contributed by atoms with E-state index in [1.165, 1.54) is 0 Å². The molecule has 0 radical (unpaired) electrons. The SMILES string of the molecule is COc1ccc(C(F)(F)F)c(C#N)c1C(F)(F)F. The van der Waals surface area contributed by atoms with E-state index in [2.05, 4.69) is 4.74 Å². The highest BCUT2D eigenvalue weighted by molar-refractivity contribution is 5.54. The third kappa shape index (κ3) is 2.50. The summed E-state index contributed by atoms with van der Waals surface area (Å²) in [5.41, 5.74) is -4.85. The third-order valence-electron chi connectivity index (χ3n) is 2.09. The van der Waals surface area contributed by atoms with Gasteiger partial charge in [0.2, 0.25) is 0 Å². The van der Waals surface area contributed by atoms with Crippen LogP contribution in [0, 0.1) is 11.3 Å². The topological polar surface area (TPSA) is 33.0 Å². The normalized spacial score (nSPS) is 12.1. The summed E-state index contributed by atoms with van der Waals surface area (Å²) in [6, 6.07) is 1.85. The van der Waals surface area contributed by atoms with E-state index in [-0.39, 0.29) is 0 Å². The Bertz CT molecular complexity index is 497. The number of halogens is 6. The molecule has 1 aromatic rings. The number of alkyl halides is 6. The molecule has 0 saturated carbocycles. The van der Waals surface area contributed by atoms with Crippen molar-refractivity contribution in [2.24, 2.45) is 0 Å². The van der Waals surface area contributed by atoms with Crippen LogP contribution in [0.5, 0.6) is 5.75 Å². The van der Waals surface area contributed by atoms with Crippen LogP contribution in [0.3, 0.4) is 0 Å². The maximum Gasteiger partial charge on any atom is 0.421 e. The van der Waals surface area contributed by atoms with Gasteiger partial charge in [-0.2, -0.15) is 31.6 Å². The van der Waals surface area contributed by atoms with Crippen LogP contribution in [-0.2, 0) is 12.4 Å². The third-order valence-corrected chi connectivity index (χ3v) is 2.09. The second kappa shape index (κ2) is 4.40. The van der Waals surface area contributed by atoms with Crippen LogP contribution in [0.1, 0.15) is 16.7 Å². The molecule has 2 nitrogen and oxygen atoms in total. The molecule has 0 N–H and O–H groups in total. The Balaban J connectivity index is 3.71. The molecule has 0 bridgehead atoms. The Morgan fingerprint density at radius 2 is 1.61 bits per heavy atom. The highest BCUT2D eigenvalue weighted by atomic mass is 19.4. The number of hydrogen-bond acceptors (Lipinski definition) is 2. The van der Waals surface area contributed by atoms with Crippen LogP contribution in [0.2, 0.25) is 0 Å². The molecule has 0 atom stereocenters. The van der Waals surface area contributed by atoms with Gasteiger partial charge in [0.05, 0.1) is 18.2 Å². The van der Waals surface area contributed by atoms with E-state index in [4.69, 9.17) is 5.26 Å². The highest BCUT2D eigenvalue weighted by Crippen LogP contribution is 2.43. The lowest BCUT2D eigenvalue weighted by molar-refractivity contribution is -0.144. The van der Waals surface area contributed by atoms with E-state index in [0.29, 0.717) is 12.1 Å². The zero-order valence-electron chi connectivity index (χ0n) is 8.78. The molecule has 0 unspecified atom stereocenters. The van der Waals surface area contributed by atoms with Crippen molar-refractivity contribution >= 4 is 0 Å². The summed E-state index contributed by atoms with van der Waals surface area (Å²) in [5.74, 6) is -0.827. The summed E-state index contributed by atoms with van der Waals surface area (Å²) < 4.78 is 79.7. The molecular weight excluding hydrogens is 264 g/mol. The van der Waals surface area contributed by atoms with Gasteiger partial charge in [-0.1, -0.05) is 0 Å². The first-order valence-electron chi connectivity index (χ1n) is 4.38. The van der Waals surface area contributed by atoms with Crippen molar-refractivity contribution in [2.45, 2.75) is 12.4 Å². The van der Waals surface area contributed by atoms with E-state index < -0.39 is 34.8 Å². The number of hydrogen-bond donors (Lipinski definition) is 0. The van der Waals surface area contributed by atoms with Gasteiger partial charge in [0.25, 0.3) is 0 Å². The number of ether oxygens (including phenoxy) is 1. The van der Waals surface area contributed by atoms with E-state index in [1.807, 2.05) is 0 Å². The van der Waals surface area contributed by atoms with Crippen LogP contribution in [0.4, 0.5) is 26.3 Å². The van der Waals surface area contributed by atoms with Crippen molar-refractivity contribution in [1.82, 2.24) is 0 Å². The van der Waals surface area contributed by atoms with Gasteiger partial charge in [-0.05, 0) is 12.1 Å². The molecule has 1 rings (SSSR count). The summed E-state index contributed by atoms with van der Waals surface area (Å²) >= 11 is 0. The van der Waals surface area contributed by atoms with Crippen molar-refractivity contribution in [2.75, 3.05) is 7.11 Å². The molecule has 0 aromatic heterocycles. The van der Waals surface area contributed by atoms with Crippen molar-refractivity contribution in [3.63, 3.8) is 0 Å².